The summed E-state index contributed by atoms with van der Waals surface area (Å²) >= 11 is 6.26. The predicted molar refractivity (Wildman–Crippen MR) is 89.4 cm³/mol. The first kappa shape index (κ1) is 15.5. The van der Waals surface area contributed by atoms with Gasteiger partial charge in [0, 0.05) is 17.5 Å². The zero-order valence-electron chi connectivity index (χ0n) is 13.2. The summed E-state index contributed by atoms with van der Waals surface area (Å²) in [6, 6.07) is 4.77. The fraction of sp³-hybridized carbons (Fsp3) is 0.235. The molecule has 0 saturated carbocycles. The number of fused-ring (bicyclic) bond motifs is 3. The number of hydrogen-bond donors (Lipinski definition) is 0. The molecular formula is C17H15ClO5. The number of aryl methyl sites for hydroxylation is 1. The summed E-state index contributed by atoms with van der Waals surface area (Å²) < 4.78 is 22.0. The van der Waals surface area contributed by atoms with Gasteiger partial charge in [0.1, 0.15) is 28.4 Å². The molecule has 1 aromatic heterocycles. The van der Waals surface area contributed by atoms with E-state index in [1.54, 1.807) is 19.1 Å². The molecule has 1 heterocycles. The van der Waals surface area contributed by atoms with Gasteiger partial charge in [0.2, 0.25) is 0 Å². The first-order chi connectivity index (χ1) is 11.0. The zero-order chi connectivity index (χ0) is 16.7. The van der Waals surface area contributed by atoms with Crippen LogP contribution in [-0.2, 0) is 0 Å². The second kappa shape index (κ2) is 5.66. The third-order valence-corrected chi connectivity index (χ3v) is 3.98. The van der Waals surface area contributed by atoms with Gasteiger partial charge in [0.25, 0.3) is 0 Å². The summed E-state index contributed by atoms with van der Waals surface area (Å²) in [6.07, 6.45) is 0. The highest BCUT2D eigenvalue weighted by atomic mass is 35.5. The molecule has 0 unspecified atom stereocenters. The van der Waals surface area contributed by atoms with Crippen molar-refractivity contribution in [1.29, 1.82) is 0 Å². The molecule has 0 fully saturated rings. The van der Waals surface area contributed by atoms with E-state index >= 15 is 0 Å². The van der Waals surface area contributed by atoms with E-state index in [2.05, 4.69) is 0 Å². The highest BCUT2D eigenvalue weighted by Gasteiger charge is 2.21. The van der Waals surface area contributed by atoms with Gasteiger partial charge in [0.05, 0.1) is 31.7 Å². The molecule has 23 heavy (non-hydrogen) atoms. The minimum absolute atomic E-state index is 0.182. The quantitative estimate of drug-likeness (QED) is 0.679. The maximum Gasteiger partial charge on any atom is 0.196 e. The second-order valence-electron chi connectivity index (χ2n) is 5.02. The van der Waals surface area contributed by atoms with Gasteiger partial charge >= 0.3 is 0 Å². The van der Waals surface area contributed by atoms with E-state index < -0.39 is 0 Å². The minimum atomic E-state index is -0.182. The van der Waals surface area contributed by atoms with Crippen LogP contribution < -0.4 is 19.6 Å². The molecule has 0 aliphatic carbocycles. The molecule has 0 atom stereocenters. The van der Waals surface area contributed by atoms with E-state index in [-0.39, 0.29) is 5.43 Å². The summed E-state index contributed by atoms with van der Waals surface area (Å²) in [5.74, 6) is 1.84. The molecule has 120 valence electrons. The summed E-state index contributed by atoms with van der Waals surface area (Å²) in [6.45, 7) is 1.71. The molecular weight excluding hydrogens is 320 g/mol. The average Bonchev–Trinajstić information content (AvgIpc) is 2.52. The van der Waals surface area contributed by atoms with Gasteiger partial charge in [-0.25, -0.2) is 0 Å². The van der Waals surface area contributed by atoms with Crippen LogP contribution in [0.3, 0.4) is 0 Å². The fourth-order valence-corrected chi connectivity index (χ4v) is 3.03. The molecule has 0 aliphatic rings. The molecule has 5 nitrogen and oxygen atoms in total. The highest BCUT2D eigenvalue weighted by molar-refractivity contribution is 6.34. The maximum atomic E-state index is 12.4. The average molecular weight is 335 g/mol. The van der Waals surface area contributed by atoms with Crippen LogP contribution in [0, 0.1) is 6.92 Å². The van der Waals surface area contributed by atoms with Crippen LogP contribution in [0.1, 0.15) is 5.76 Å². The van der Waals surface area contributed by atoms with Gasteiger partial charge in [-0.2, -0.15) is 0 Å². The van der Waals surface area contributed by atoms with Crippen LogP contribution in [-0.4, -0.2) is 21.3 Å². The molecule has 0 spiro atoms. The Labute approximate surface area is 137 Å². The van der Waals surface area contributed by atoms with Crippen LogP contribution in [0.5, 0.6) is 17.2 Å². The van der Waals surface area contributed by atoms with Crippen LogP contribution >= 0.6 is 11.6 Å². The number of benzene rings is 2. The van der Waals surface area contributed by atoms with Gasteiger partial charge in [-0.3, -0.25) is 4.79 Å². The van der Waals surface area contributed by atoms with E-state index in [0.29, 0.717) is 49.8 Å². The van der Waals surface area contributed by atoms with Crippen molar-refractivity contribution in [3.05, 3.63) is 39.2 Å². The third kappa shape index (κ3) is 2.28. The Morgan fingerprint density at radius 2 is 1.61 bits per heavy atom. The van der Waals surface area contributed by atoms with Gasteiger partial charge in [-0.15, -0.1) is 0 Å². The Kier molecular flexibility index (Phi) is 3.82. The van der Waals surface area contributed by atoms with Gasteiger partial charge in [-0.1, -0.05) is 11.6 Å². The van der Waals surface area contributed by atoms with Crippen molar-refractivity contribution >= 4 is 33.3 Å². The predicted octanol–water partition coefficient (Wildman–Crippen LogP) is 3.93. The van der Waals surface area contributed by atoms with E-state index in [1.807, 2.05) is 0 Å². The molecule has 6 heteroatoms. The molecule has 0 aliphatic heterocycles. The Morgan fingerprint density at radius 3 is 2.22 bits per heavy atom. The summed E-state index contributed by atoms with van der Waals surface area (Å²) in [5, 5.41) is 2.02. The number of rotatable bonds is 3. The second-order valence-corrected chi connectivity index (χ2v) is 5.43. The lowest BCUT2D eigenvalue weighted by atomic mass is 10.0. The van der Waals surface area contributed by atoms with Gasteiger partial charge in [-0.05, 0) is 13.0 Å². The van der Waals surface area contributed by atoms with Crippen molar-refractivity contribution in [2.75, 3.05) is 21.3 Å². The number of methoxy groups -OCH3 is 3. The molecule has 0 saturated heterocycles. The smallest absolute Gasteiger partial charge is 0.196 e. The zero-order valence-corrected chi connectivity index (χ0v) is 13.9. The van der Waals surface area contributed by atoms with Gasteiger partial charge in [0.15, 0.2) is 11.0 Å². The monoisotopic (exact) mass is 334 g/mol. The van der Waals surface area contributed by atoms with E-state index in [4.69, 9.17) is 30.2 Å². The van der Waals surface area contributed by atoms with Crippen molar-refractivity contribution in [3.63, 3.8) is 0 Å². The number of hydrogen-bond acceptors (Lipinski definition) is 5. The topological polar surface area (TPSA) is 57.9 Å². The standard InChI is InChI=1S/C17H15ClO5/c1-8-5-11(19)15-12(20-2)6-9-14(17(15)23-8)13(21-3)7-10(18)16(9)22-4/h5-7H,1-4H3. The lowest BCUT2D eigenvalue weighted by Crippen LogP contribution is -2.04. The van der Waals surface area contributed by atoms with Crippen LogP contribution in [0.4, 0.5) is 0 Å². The minimum Gasteiger partial charge on any atom is -0.496 e. The Hall–Kier alpha value is -2.40. The maximum absolute atomic E-state index is 12.4. The van der Waals surface area contributed by atoms with Crippen molar-refractivity contribution in [3.8, 4) is 17.2 Å². The summed E-state index contributed by atoms with van der Waals surface area (Å²) in [4.78, 5) is 12.4. The highest BCUT2D eigenvalue weighted by Crippen LogP contribution is 2.45. The summed E-state index contributed by atoms with van der Waals surface area (Å²) in [7, 11) is 4.55. The number of halogens is 1. The molecule has 2 aromatic carbocycles. The van der Waals surface area contributed by atoms with E-state index in [9.17, 15) is 4.79 Å². The van der Waals surface area contributed by atoms with Crippen molar-refractivity contribution < 1.29 is 18.6 Å². The lowest BCUT2D eigenvalue weighted by Gasteiger charge is -2.15. The largest absolute Gasteiger partial charge is 0.496 e. The first-order valence-electron chi connectivity index (χ1n) is 6.87. The van der Waals surface area contributed by atoms with Crippen LogP contribution in [0.25, 0.3) is 21.7 Å². The fourth-order valence-electron chi connectivity index (χ4n) is 2.75. The van der Waals surface area contributed by atoms with Crippen LogP contribution in [0.15, 0.2) is 27.4 Å². The van der Waals surface area contributed by atoms with E-state index in [1.165, 1.54) is 27.4 Å². The Balaban J connectivity index is 2.69. The Morgan fingerprint density at radius 1 is 0.957 bits per heavy atom. The lowest BCUT2D eigenvalue weighted by molar-refractivity contribution is 0.408. The normalized spacial score (nSPS) is 11.0. The van der Waals surface area contributed by atoms with Crippen molar-refractivity contribution in [2.45, 2.75) is 6.92 Å². The molecule has 0 amide bonds. The van der Waals surface area contributed by atoms with Crippen LogP contribution in [0.2, 0.25) is 5.02 Å². The Bertz CT molecular complexity index is 975. The summed E-state index contributed by atoms with van der Waals surface area (Å²) in [5.41, 5.74) is 0.203. The third-order valence-electron chi connectivity index (χ3n) is 3.70. The molecule has 0 N–H and O–H groups in total. The van der Waals surface area contributed by atoms with E-state index in [0.717, 1.165) is 0 Å². The molecule has 0 bridgehead atoms. The molecule has 3 rings (SSSR count). The SMILES string of the molecule is COc1c(Cl)cc(OC)c2c1cc(OC)c1c(=O)cc(C)oc12. The molecule has 3 aromatic rings. The first-order valence-corrected chi connectivity index (χ1v) is 7.25. The number of ether oxygens (including phenoxy) is 3. The van der Waals surface area contributed by atoms with Crippen molar-refractivity contribution in [1.82, 2.24) is 0 Å². The van der Waals surface area contributed by atoms with Crippen molar-refractivity contribution in [2.24, 2.45) is 0 Å². The molecule has 0 radical (unpaired) electrons. The van der Waals surface area contributed by atoms with Gasteiger partial charge < -0.3 is 18.6 Å².